The van der Waals surface area contributed by atoms with Crippen molar-refractivity contribution in [2.45, 2.75) is 90.9 Å². The summed E-state index contributed by atoms with van der Waals surface area (Å²) in [6.45, 7) is 5.30. The second-order valence-corrected chi connectivity index (χ2v) is 6.59. The molecule has 0 aliphatic rings. The zero-order valence-electron chi connectivity index (χ0n) is 16.8. The maximum absolute atomic E-state index is 11.5. The van der Waals surface area contributed by atoms with Gasteiger partial charge < -0.3 is 9.47 Å². The molecule has 0 rings (SSSR count). The molecule has 0 aromatic heterocycles. The van der Waals surface area contributed by atoms with Crippen molar-refractivity contribution in [3.05, 3.63) is 24.3 Å². The number of hydrogen-bond acceptors (Lipinski definition) is 4. The van der Waals surface area contributed by atoms with Crippen molar-refractivity contribution in [1.29, 1.82) is 0 Å². The normalized spacial score (nSPS) is 11.3. The van der Waals surface area contributed by atoms with Crippen molar-refractivity contribution >= 4 is 11.9 Å². The number of hydrogen-bond donors (Lipinski definition) is 0. The maximum atomic E-state index is 11.5. The molecule has 0 fully saturated rings. The maximum Gasteiger partial charge on any atom is 0.330 e. The van der Waals surface area contributed by atoms with Gasteiger partial charge in [0.2, 0.25) is 0 Å². The van der Waals surface area contributed by atoms with Crippen molar-refractivity contribution in [1.82, 2.24) is 0 Å². The van der Waals surface area contributed by atoms with E-state index in [4.69, 9.17) is 9.47 Å². The highest BCUT2D eigenvalue weighted by Gasteiger charge is 1.98. The molecule has 0 heterocycles. The molecule has 0 aliphatic carbocycles. The van der Waals surface area contributed by atoms with Crippen molar-refractivity contribution < 1.29 is 19.1 Å². The fraction of sp³-hybridized carbons (Fsp3) is 0.727. The van der Waals surface area contributed by atoms with Gasteiger partial charge in [-0.3, -0.25) is 0 Å². The van der Waals surface area contributed by atoms with E-state index in [9.17, 15) is 9.59 Å². The second-order valence-electron chi connectivity index (χ2n) is 6.59. The van der Waals surface area contributed by atoms with E-state index in [0.717, 1.165) is 25.7 Å². The Morgan fingerprint density at radius 3 is 1.31 bits per heavy atom. The first-order chi connectivity index (χ1) is 12.7. The molecule has 0 radical (unpaired) electrons. The Hall–Kier alpha value is -1.58. The van der Waals surface area contributed by atoms with Gasteiger partial charge in [-0.15, -0.1) is 0 Å². The fourth-order valence-corrected chi connectivity index (χ4v) is 2.47. The zero-order valence-corrected chi connectivity index (χ0v) is 16.8. The van der Waals surface area contributed by atoms with Crippen LogP contribution < -0.4 is 0 Å². The lowest BCUT2D eigenvalue weighted by molar-refractivity contribution is -0.138. The average Bonchev–Trinajstić information content (AvgIpc) is 2.64. The van der Waals surface area contributed by atoms with Crippen LogP contribution in [0.2, 0.25) is 0 Å². The van der Waals surface area contributed by atoms with Crippen molar-refractivity contribution in [3.8, 4) is 0 Å². The van der Waals surface area contributed by atoms with Gasteiger partial charge in [-0.25, -0.2) is 9.59 Å². The Kier molecular flexibility index (Phi) is 18.5. The Morgan fingerprint density at radius 2 is 0.923 bits per heavy atom. The lowest BCUT2D eigenvalue weighted by Crippen LogP contribution is -2.03. The molecule has 0 atom stereocenters. The lowest BCUT2D eigenvalue weighted by Gasteiger charge is -2.02. The first kappa shape index (κ1) is 24.4. The van der Waals surface area contributed by atoms with Crippen LogP contribution in [0.5, 0.6) is 0 Å². The lowest BCUT2D eigenvalue weighted by atomic mass is 10.1. The molecule has 4 nitrogen and oxygen atoms in total. The summed E-state index contributed by atoms with van der Waals surface area (Å²) in [7, 11) is 0. The van der Waals surface area contributed by atoms with E-state index in [-0.39, 0.29) is 11.9 Å². The molecule has 0 aromatic rings. The smallest absolute Gasteiger partial charge is 0.330 e. The van der Waals surface area contributed by atoms with Gasteiger partial charge in [0.25, 0.3) is 0 Å². The van der Waals surface area contributed by atoms with Crippen LogP contribution in [0.1, 0.15) is 90.9 Å². The van der Waals surface area contributed by atoms with Gasteiger partial charge in [0, 0.05) is 12.2 Å². The topological polar surface area (TPSA) is 52.6 Å². The molecule has 0 amide bonds. The molecular weight excluding hydrogens is 328 g/mol. The molecule has 0 aromatic carbocycles. The van der Waals surface area contributed by atoms with Crippen LogP contribution in [0, 0.1) is 0 Å². The highest BCUT2D eigenvalue weighted by atomic mass is 16.5. The summed E-state index contributed by atoms with van der Waals surface area (Å²) in [5.41, 5.74) is 0. The van der Waals surface area contributed by atoms with Crippen molar-refractivity contribution in [3.63, 3.8) is 0 Å². The average molecular weight is 367 g/mol. The van der Waals surface area contributed by atoms with E-state index in [1.807, 2.05) is 0 Å². The molecule has 0 unspecified atom stereocenters. The van der Waals surface area contributed by atoms with Gasteiger partial charge >= 0.3 is 11.9 Å². The standard InChI is InChI=1S/C22H38O4/c1-3-5-7-9-11-15-19-25-21(23)17-13-14-18-22(24)26-20-16-12-10-8-6-4-2/h13-14,17-18H,3-12,15-16,19-20H2,1-2H3. The quantitative estimate of drug-likeness (QED) is 0.139. The minimum atomic E-state index is -0.372. The predicted octanol–water partition coefficient (Wildman–Crippen LogP) is 5.91. The third-order valence-electron chi connectivity index (χ3n) is 4.06. The summed E-state index contributed by atoms with van der Waals surface area (Å²) in [5.74, 6) is -0.743. The Balaban J connectivity index is 3.56. The van der Waals surface area contributed by atoms with Gasteiger partial charge in [0.1, 0.15) is 0 Å². The van der Waals surface area contributed by atoms with Crippen molar-refractivity contribution in [2.75, 3.05) is 13.2 Å². The van der Waals surface area contributed by atoms with Crippen molar-refractivity contribution in [2.24, 2.45) is 0 Å². The Bertz CT molecular complexity index is 361. The zero-order chi connectivity index (χ0) is 19.3. The van der Waals surface area contributed by atoms with Crippen LogP contribution in [0.4, 0.5) is 0 Å². The highest BCUT2D eigenvalue weighted by molar-refractivity contribution is 5.84. The molecular formula is C22H38O4. The number of allylic oxidation sites excluding steroid dienone is 2. The largest absolute Gasteiger partial charge is 0.463 e. The molecule has 0 N–H and O–H groups in total. The van der Waals surface area contributed by atoms with Crippen LogP contribution in [0.25, 0.3) is 0 Å². The van der Waals surface area contributed by atoms with Gasteiger partial charge in [-0.1, -0.05) is 90.2 Å². The SMILES string of the molecule is CCCCCCCCOC(=O)C=CC=CC(=O)OCCCCCCCC. The molecule has 0 saturated heterocycles. The van der Waals surface area contributed by atoms with Crippen LogP contribution in [-0.4, -0.2) is 25.2 Å². The minimum absolute atomic E-state index is 0.372. The summed E-state index contributed by atoms with van der Waals surface area (Å²) < 4.78 is 10.2. The molecule has 0 spiro atoms. The number of carbonyl (C=O) groups excluding carboxylic acids is 2. The molecule has 0 saturated carbocycles. The number of unbranched alkanes of at least 4 members (excludes halogenated alkanes) is 10. The third-order valence-corrected chi connectivity index (χ3v) is 4.06. The number of esters is 2. The Morgan fingerprint density at radius 1 is 0.577 bits per heavy atom. The second kappa shape index (κ2) is 19.7. The molecule has 150 valence electrons. The monoisotopic (exact) mass is 366 g/mol. The summed E-state index contributed by atoms with van der Waals surface area (Å²) in [5, 5.41) is 0. The highest BCUT2D eigenvalue weighted by Crippen LogP contribution is 2.05. The van der Waals surface area contributed by atoms with Gasteiger partial charge in [-0.2, -0.15) is 0 Å². The third kappa shape index (κ3) is 18.8. The van der Waals surface area contributed by atoms with E-state index in [2.05, 4.69) is 13.8 Å². The fourth-order valence-electron chi connectivity index (χ4n) is 2.47. The molecule has 0 aliphatic heterocycles. The van der Waals surface area contributed by atoms with Gasteiger partial charge in [-0.05, 0) is 12.8 Å². The summed E-state index contributed by atoms with van der Waals surface area (Å²) in [4.78, 5) is 23.0. The first-order valence-electron chi connectivity index (χ1n) is 10.4. The number of rotatable bonds is 17. The number of carbonyl (C=O) groups is 2. The van der Waals surface area contributed by atoms with Gasteiger partial charge in [0.05, 0.1) is 13.2 Å². The molecule has 4 heteroatoms. The first-order valence-corrected chi connectivity index (χ1v) is 10.4. The van der Waals surface area contributed by atoms with E-state index < -0.39 is 0 Å². The van der Waals surface area contributed by atoms with Crippen LogP contribution in [-0.2, 0) is 19.1 Å². The van der Waals surface area contributed by atoms with E-state index in [0.29, 0.717) is 13.2 Å². The summed E-state index contributed by atoms with van der Waals surface area (Å²) in [6.07, 6.45) is 19.6. The number of ether oxygens (including phenoxy) is 2. The summed E-state index contributed by atoms with van der Waals surface area (Å²) in [6, 6.07) is 0. The van der Waals surface area contributed by atoms with E-state index in [1.54, 1.807) is 0 Å². The van der Waals surface area contributed by atoms with E-state index in [1.165, 1.54) is 75.7 Å². The molecule has 0 bridgehead atoms. The van der Waals surface area contributed by atoms with Gasteiger partial charge in [0.15, 0.2) is 0 Å². The summed E-state index contributed by atoms with van der Waals surface area (Å²) >= 11 is 0. The predicted molar refractivity (Wildman–Crippen MR) is 107 cm³/mol. The Labute approximate surface area is 160 Å². The minimum Gasteiger partial charge on any atom is -0.463 e. The van der Waals surface area contributed by atoms with Crippen LogP contribution in [0.15, 0.2) is 24.3 Å². The van der Waals surface area contributed by atoms with E-state index >= 15 is 0 Å². The van der Waals surface area contributed by atoms with Crippen LogP contribution in [0.3, 0.4) is 0 Å². The molecule has 26 heavy (non-hydrogen) atoms. The van der Waals surface area contributed by atoms with Crippen LogP contribution >= 0.6 is 0 Å².